The summed E-state index contributed by atoms with van der Waals surface area (Å²) in [5, 5.41) is 3.50. The van der Waals surface area contributed by atoms with Crippen LogP contribution in [0.2, 0.25) is 0 Å². The van der Waals surface area contributed by atoms with E-state index in [0.29, 0.717) is 6.10 Å². The van der Waals surface area contributed by atoms with Gasteiger partial charge in [-0.25, -0.2) is 0 Å². The van der Waals surface area contributed by atoms with E-state index in [2.05, 4.69) is 5.32 Å². The Labute approximate surface area is 105 Å². The third-order valence-corrected chi connectivity index (χ3v) is 4.25. The molecule has 100 valence electrons. The Balaban J connectivity index is 1.75. The highest BCUT2D eigenvalue weighted by Crippen LogP contribution is 2.35. The van der Waals surface area contributed by atoms with Crippen LogP contribution in [0, 0.1) is 11.8 Å². The molecule has 0 amide bonds. The third-order valence-electron chi connectivity index (χ3n) is 4.25. The van der Waals surface area contributed by atoms with Crippen LogP contribution in [-0.4, -0.2) is 39.5 Å². The van der Waals surface area contributed by atoms with E-state index in [-0.39, 0.29) is 0 Å². The third kappa shape index (κ3) is 3.94. The van der Waals surface area contributed by atoms with Gasteiger partial charge in [0.1, 0.15) is 0 Å². The maximum Gasteiger partial charge on any atom is 0.0643 e. The lowest BCUT2D eigenvalue weighted by molar-refractivity contribution is -0.0584. The molecule has 0 spiro atoms. The van der Waals surface area contributed by atoms with Crippen LogP contribution in [0.25, 0.3) is 0 Å². The molecular formula is C14H27NO2. The van der Waals surface area contributed by atoms with Crippen molar-refractivity contribution in [2.75, 3.05) is 33.4 Å². The Morgan fingerprint density at radius 3 is 2.76 bits per heavy atom. The van der Waals surface area contributed by atoms with Gasteiger partial charge in [0.2, 0.25) is 0 Å². The van der Waals surface area contributed by atoms with Gasteiger partial charge < -0.3 is 14.8 Å². The first-order chi connectivity index (χ1) is 8.42. The quantitative estimate of drug-likeness (QED) is 0.723. The summed E-state index contributed by atoms with van der Waals surface area (Å²) in [6.07, 6.45) is 8.70. The molecule has 1 aliphatic carbocycles. The Morgan fingerprint density at radius 1 is 1.18 bits per heavy atom. The second kappa shape index (κ2) is 7.34. The summed E-state index contributed by atoms with van der Waals surface area (Å²) >= 11 is 0. The molecule has 2 fully saturated rings. The smallest absolute Gasteiger partial charge is 0.0643 e. The second-order valence-electron chi connectivity index (χ2n) is 5.48. The largest absolute Gasteiger partial charge is 0.383 e. The topological polar surface area (TPSA) is 30.5 Å². The molecule has 3 nitrogen and oxygen atoms in total. The van der Waals surface area contributed by atoms with Crippen LogP contribution in [0.4, 0.5) is 0 Å². The molecule has 0 bridgehead atoms. The number of hydrogen-bond acceptors (Lipinski definition) is 3. The molecule has 1 saturated heterocycles. The molecule has 0 aromatic carbocycles. The van der Waals surface area contributed by atoms with Gasteiger partial charge in [-0.1, -0.05) is 12.8 Å². The molecule has 0 aromatic heterocycles. The van der Waals surface area contributed by atoms with Crippen LogP contribution >= 0.6 is 0 Å². The standard InChI is InChI=1S/C14H27NO2/c1-16-10-8-15-11-13-7-4-9-17-14(13)12-5-2-3-6-12/h12-15H,2-11H2,1H3. The van der Waals surface area contributed by atoms with Gasteiger partial charge in [0.05, 0.1) is 12.7 Å². The average molecular weight is 241 g/mol. The summed E-state index contributed by atoms with van der Waals surface area (Å²) < 4.78 is 11.1. The molecule has 0 radical (unpaired) electrons. The molecule has 2 rings (SSSR count). The Kier molecular flexibility index (Phi) is 5.75. The van der Waals surface area contributed by atoms with Crippen molar-refractivity contribution < 1.29 is 9.47 Å². The lowest BCUT2D eigenvalue weighted by Gasteiger charge is -2.36. The fourth-order valence-corrected chi connectivity index (χ4v) is 3.35. The Morgan fingerprint density at radius 2 is 2.00 bits per heavy atom. The van der Waals surface area contributed by atoms with Crippen molar-refractivity contribution in [3.8, 4) is 0 Å². The monoisotopic (exact) mass is 241 g/mol. The van der Waals surface area contributed by atoms with Gasteiger partial charge in [0, 0.05) is 26.8 Å². The molecule has 1 heterocycles. The summed E-state index contributed by atoms with van der Waals surface area (Å²) in [7, 11) is 1.76. The van der Waals surface area contributed by atoms with Crippen molar-refractivity contribution in [1.82, 2.24) is 5.32 Å². The van der Waals surface area contributed by atoms with E-state index in [1.54, 1.807) is 7.11 Å². The van der Waals surface area contributed by atoms with E-state index in [9.17, 15) is 0 Å². The van der Waals surface area contributed by atoms with Gasteiger partial charge in [-0.15, -0.1) is 0 Å². The van der Waals surface area contributed by atoms with Crippen molar-refractivity contribution >= 4 is 0 Å². The highest BCUT2D eigenvalue weighted by atomic mass is 16.5. The molecule has 2 atom stereocenters. The van der Waals surface area contributed by atoms with Gasteiger partial charge in [0.15, 0.2) is 0 Å². The van der Waals surface area contributed by atoms with Crippen molar-refractivity contribution in [3.63, 3.8) is 0 Å². The van der Waals surface area contributed by atoms with Gasteiger partial charge in [-0.05, 0) is 37.5 Å². The second-order valence-corrected chi connectivity index (χ2v) is 5.48. The summed E-state index contributed by atoms with van der Waals surface area (Å²) in [5.74, 6) is 1.56. The van der Waals surface area contributed by atoms with Gasteiger partial charge >= 0.3 is 0 Å². The molecule has 0 aromatic rings. The maximum absolute atomic E-state index is 6.06. The minimum absolute atomic E-state index is 0.529. The van der Waals surface area contributed by atoms with Crippen LogP contribution in [0.3, 0.4) is 0 Å². The maximum atomic E-state index is 6.06. The normalized spacial score (nSPS) is 30.9. The van der Waals surface area contributed by atoms with E-state index >= 15 is 0 Å². The van der Waals surface area contributed by atoms with Crippen LogP contribution in [0.1, 0.15) is 38.5 Å². The predicted octanol–water partition coefficient (Wildman–Crippen LogP) is 2.21. The number of nitrogens with one attached hydrogen (secondary N) is 1. The minimum Gasteiger partial charge on any atom is -0.383 e. The summed E-state index contributed by atoms with van der Waals surface area (Å²) in [5.41, 5.74) is 0. The van der Waals surface area contributed by atoms with Crippen molar-refractivity contribution in [3.05, 3.63) is 0 Å². The SMILES string of the molecule is COCCNCC1CCCOC1C1CCCC1. The highest BCUT2D eigenvalue weighted by Gasteiger charge is 2.33. The number of methoxy groups -OCH3 is 1. The average Bonchev–Trinajstić information content (AvgIpc) is 2.89. The van der Waals surface area contributed by atoms with E-state index < -0.39 is 0 Å². The van der Waals surface area contributed by atoms with Crippen LogP contribution < -0.4 is 5.32 Å². The van der Waals surface area contributed by atoms with Crippen molar-refractivity contribution in [1.29, 1.82) is 0 Å². The molecule has 1 N–H and O–H groups in total. The Bertz CT molecular complexity index is 204. The fourth-order valence-electron chi connectivity index (χ4n) is 3.35. The summed E-state index contributed by atoms with van der Waals surface area (Å²) in [6.45, 7) is 3.85. The van der Waals surface area contributed by atoms with Gasteiger partial charge in [-0.3, -0.25) is 0 Å². The number of ether oxygens (including phenoxy) is 2. The predicted molar refractivity (Wildman–Crippen MR) is 69.2 cm³/mol. The van der Waals surface area contributed by atoms with Crippen molar-refractivity contribution in [2.45, 2.75) is 44.6 Å². The van der Waals surface area contributed by atoms with E-state index in [1.807, 2.05) is 0 Å². The molecular weight excluding hydrogens is 214 g/mol. The number of rotatable bonds is 6. The first-order valence-electron chi connectivity index (χ1n) is 7.23. The van der Waals surface area contributed by atoms with Crippen LogP contribution in [-0.2, 0) is 9.47 Å². The summed E-state index contributed by atoms with van der Waals surface area (Å²) in [4.78, 5) is 0. The molecule has 2 aliphatic rings. The summed E-state index contributed by atoms with van der Waals surface area (Å²) in [6, 6.07) is 0. The molecule has 1 saturated carbocycles. The lowest BCUT2D eigenvalue weighted by Crippen LogP contribution is -2.41. The first-order valence-corrected chi connectivity index (χ1v) is 7.23. The molecule has 17 heavy (non-hydrogen) atoms. The minimum atomic E-state index is 0.529. The van der Waals surface area contributed by atoms with Crippen LogP contribution in [0.5, 0.6) is 0 Å². The number of hydrogen-bond donors (Lipinski definition) is 1. The zero-order chi connectivity index (χ0) is 11.9. The fraction of sp³-hybridized carbons (Fsp3) is 1.00. The lowest BCUT2D eigenvalue weighted by atomic mass is 9.85. The van der Waals surface area contributed by atoms with E-state index in [1.165, 1.54) is 38.5 Å². The zero-order valence-electron chi connectivity index (χ0n) is 11.1. The zero-order valence-corrected chi connectivity index (χ0v) is 11.1. The van der Waals surface area contributed by atoms with Gasteiger partial charge in [-0.2, -0.15) is 0 Å². The van der Waals surface area contributed by atoms with E-state index in [0.717, 1.165) is 38.1 Å². The first kappa shape index (κ1) is 13.3. The molecule has 1 aliphatic heterocycles. The molecule has 3 heteroatoms. The van der Waals surface area contributed by atoms with Crippen molar-refractivity contribution in [2.24, 2.45) is 11.8 Å². The molecule has 2 unspecified atom stereocenters. The van der Waals surface area contributed by atoms with Gasteiger partial charge in [0.25, 0.3) is 0 Å². The highest BCUT2D eigenvalue weighted by molar-refractivity contribution is 4.85. The van der Waals surface area contributed by atoms with Crippen LogP contribution in [0.15, 0.2) is 0 Å². The Hall–Kier alpha value is -0.120. The van der Waals surface area contributed by atoms with E-state index in [4.69, 9.17) is 9.47 Å².